The highest BCUT2D eigenvalue weighted by Gasteiger charge is 2.17. The Hall–Kier alpha value is -3.98. The number of nitrogens with one attached hydrogen (secondary N) is 2. The zero-order valence-corrected chi connectivity index (χ0v) is 19.3. The summed E-state index contributed by atoms with van der Waals surface area (Å²) in [6, 6.07) is 18.7. The lowest BCUT2D eigenvalue weighted by Crippen LogP contribution is -2.34. The summed E-state index contributed by atoms with van der Waals surface area (Å²) in [4.78, 5) is 32.0. The molecule has 0 saturated carbocycles. The number of rotatable bonds is 10. The molecule has 0 radical (unpaired) electrons. The number of likely N-dealkylation sites (N-methyl/N-ethyl adjacent to an activating group) is 1. The summed E-state index contributed by atoms with van der Waals surface area (Å²) in [5.41, 5.74) is 2.68. The number of fused-ring (bicyclic) bond motifs is 1. The van der Waals surface area contributed by atoms with Crippen LogP contribution in [0.2, 0.25) is 0 Å². The first kappa shape index (κ1) is 23.2. The van der Waals surface area contributed by atoms with Crippen molar-refractivity contribution >= 4 is 28.8 Å². The fourth-order valence-corrected chi connectivity index (χ4v) is 3.72. The molecule has 0 fully saturated rings. The van der Waals surface area contributed by atoms with Crippen LogP contribution in [0.3, 0.4) is 0 Å². The highest BCUT2D eigenvalue weighted by atomic mass is 16.5. The van der Waals surface area contributed by atoms with Crippen LogP contribution in [0.15, 0.2) is 65.2 Å². The van der Waals surface area contributed by atoms with Gasteiger partial charge in [0.1, 0.15) is 0 Å². The molecule has 0 unspecified atom stereocenters. The van der Waals surface area contributed by atoms with Crippen molar-refractivity contribution in [3.63, 3.8) is 0 Å². The van der Waals surface area contributed by atoms with Gasteiger partial charge in [-0.05, 0) is 25.2 Å². The molecule has 176 valence electrons. The van der Waals surface area contributed by atoms with Crippen LogP contribution in [-0.2, 0) is 11.3 Å². The fourth-order valence-electron chi connectivity index (χ4n) is 3.72. The number of nitrogens with zero attached hydrogens (tertiary/aromatic N) is 4. The van der Waals surface area contributed by atoms with E-state index in [9.17, 15) is 9.59 Å². The third kappa shape index (κ3) is 5.32. The number of carbonyl (C=O) groups excluding carboxylic acids is 2. The molecule has 0 saturated heterocycles. The van der Waals surface area contributed by atoms with E-state index in [1.54, 1.807) is 6.07 Å². The molecule has 2 aromatic carbocycles. The van der Waals surface area contributed by atoms with Gasteiger partial charge in [0.2, 0.25) is 11.9 Å². The summed E-state index contributed by atoms with van der Waals surface area (Å²) in [6.07, 6.45) is 0. The van der Waals surface area contributed by atoms with E-state index in [0.29, 0.717) is 18.3 Å². The predicted molar refractivity (Wildman–Crippen MR) is 130 cm³/mol. The van der Waals surface area contributed by atoms with Crippen LogP contribution in [0, 0.1) is 0 Å². The molecule has 0 aliphatic carbocycles. The van der Waals surface area contributed by atoms with E-state index < -0.39 is 5.91 Å². The van der Waals surface area contributed by atoms with Crippen LogP contribution in [0.25, 0.3) is 22.4 Å². The van der Waals surface area contributed by atoms with Crippen molar-refractivity contribution in [1.82, 2.24) is 24.9 Å². The Labute approximate surface area is 197 Å². The number of hydrogen-bond donors (Lipinski definition) is 2. The van der Waals surface area contributed by atoms with Crippen molar-refractivity contribution in [3.05, 3.63) is 66.4 Å². The minimum absolute atomic E-state index is 0.109. The summed E-state index contributed by atoms with van der Waals surface area (Å²) in [7, 11) is 0. The molecule has 2 amide bonds. The Morgan fingerprint density at radius 3 is 2.53 bits per heavy atom. The molecule has 0 bridgehead atoms. The van der Waals surface area contributed by atoms with Crippen LogP contribution in [0.5, 0.6) is 0 Å². The van der Waals surface area contributed by atoms with Gasteiger partial charge in [0, 0.05) is 24.7 Å². The number of benzene rings is 2. The zero-order valence-electron chi connectivity index (χ0n) is 19.3. The van der Waals surface area contributed by atoms with Crippen LogP contribution >= 0.6 is 0 Å². The second kappa shape index (κ2) is 10.8. The molecule has 34 heavy (non-hydrogen) atoms. The molecule has 9 heteroatoms. The molecule has 0 spiro atoms. The van der Waals surface area contributed by atoms with Crippen molar-refractivity contribution in [2.45, 2.75) is 20.4 Å². The summed E-state index contributed by atoms with van der Waals surface area (Å²) < 4.78 is 7.26. The van der Waals surface area contributed by atoms with Crippen LogP contribution in [-0.4, -0.2) is 57.6 Å². The number of carbonyl (C=O) groups is 2. The van der Waals surface area contributed by atoms with Crippen molar-refractivity contribution in [2.75, 3.05) is 31.5 Å². The maximum atomic E-state index is 12.6. The molecule has 0 aliphatic rings. The molecule has 2 heterocycles. The minimum Gasteiger partial charge on any atom is -0.355 e. The van der Waals surface area contributed by atoms with Gasteiger partial charge in [-0.25, -0.2) is 4.98 Å². The highest BCUT2D eigenvalue weighted by Crippen LogP contribution is 2.20. The van der Waals surface area contributed by atoms with Gasteiger partial charge in [-0.2, -0.15) is 0 Å². The number of anilines is 1. The van der Waals surface area contributed by atoms with E-state index >= 15 is 0 Å². The third-order valence-electron chi connectivity index (χ3n) is 5.65. The summed E-state index contributed by atoms with van der Waals surface area (Å²) >= 11 is 0. The van der Waals surface area contributed by atoms with E-state index in [0.717, 1.165) is 36.2 Å². The van der Waals surface area contributed by atoms with Gasteiger partial charge in [-0.3, -0.25) is 14.9 Å². The SMILES string of the molecule is CCN(CC)CCn1c(NC(=O)CNC(=O)c2cc(-c3ccccc3)on2)nc2ccccc21. The topological polar surface area (TPSA) is 105 Å². The lowest BCUT2D eigenvalue weighted by molar-refractivity contribution is -0.115. The molecule has 0 atom stereocenters. The quantitative estimate of drug-likeness (QED) is 0.376. The molecule has 2 N–H and O–H groups in total. The van der Waals surface area contributed by atoms with Crippen molar-refractivity contribution in [1.29, 1.82) is 0 Å². The smallest absolute Gasteiger partial charge is 0.273 e. The molecule has 2 aromatic heterocycles. The van der Waals surface area contributed by atoms with Crippen LogP contribution in [0.4, 0.5) is 5.95 Å². The maximum absolute atomic E-state index is 12.6. The standard InChI is InChI=1S/C25H28N6O3/c1-3-30(4-2)14-15-31-21-13-9-8-12-19(21)27-25(31)28-23(32)17-26-24(33)20-16-22(34-29-20)18-10-6-5-7-11-18/h5-13,16H,3-4,14-15,17H2,1-2H3,(H,26,33)(H,27,28,32). The van der Waals surface area contributed by atoms with Gasteiger partial charge in [-0.15, -0.1) is 0 Å². The summed E-state index contributed by atoms with van der Waals surface area (Å²) in [5.74, 6) is 0.0770. The number of hydrogen-bond acceptors (Lipinski definition) is 6. The van der Waals surface area contributed by atoms with Crippen LogP contribution < -0.4 is 10.6 Å². The highest BCUT2D eigenvalue weighted by molar-refractivity contribution is 5.98. The Kier molecular flexibility index (Phi) is 7.34. The second-order valence-corrected chi connectivity index (χ2v) is 7.78. The number of amides is 2. The van der Waals surface area contributed by atoms with Gasteiger partial charge >= 0.3 is 0 Å². The lowest BCUT2D eigenvalue weighted by atomic mass is 10.1. The van der Waals surface area contributed by atoms with Gasteiger partial charge in [0.25, 0.3) is 5.91 Å². The zero-order chi connectivity index (χ0) is 23.9. The van der Waals surface area contributed by atoms with Crippen molar-refractivity contribution in [3.8, 4) is 11.3 Å². The van der Waals surface area contributed by atoms with E-state index in [1.165, 1.54) is 0 Å². The minimum atomic E-state index is -0.490. The van der Waals surface area contributed by atoms with Crippen molar-refractivity contribution in [2.24, 2.45) is 0 Å². The number of imidazole rings is 1. The van der Waals surface area contributed by atoms with E-state index in [1.807, 2.05) is 59.2 Å². The molecule has 0 aliphatic heterocycles. The second-order valence-electron chi connectivity index (χ2n) is 7.78. The summed E-state index contributed by atoms with van der Waals surface area (Å²) in [5, 5.41) is 9.23. The molecular formula is C25H28N6O3. The van der Waals surface area contributed by atoms with Gasteiger partial charge in [0.15, 0.2) is 11.5 Å². The number of aromatic nitrogens is 3. The van der Waals surface area contributed by atoms with Gasteiger partial charge < -0.3 is 19.3 Å². The Morgan fingerprint density at radius 1 is 1.03 bits per heavy atom. The average Bonchev–Trinajstić information content (AvgIpc) is 3.49. The lowest BCUT2D eigenvalue weighted by Gasteiger charge is -2.19. The monoisotopic (exact) mass is 460 g/mol. The van der Waals surface area contributed by atoms with Gasteiger partial charge in [0.05, 0.1) is 17.6 Å². The Bertz CT molecular complexity index is 1260. The van der Waals surface area contributed by atoms with Crippen molar-refractivity contribution < 1.29 is 14.1 Å². The molecule has 9 nitrogen and oxygen atoms in total. The Morgan fingerprint density at radius 2 is 1.76 bits per heavy atom. The van der Waals surface area contributed by atoms with E-state index in [4.69, 9.17) is 4.52 Å². The fraction of sp³-hybridized carbons (Fsp3) is 0.280. The van der Waals surface area contributed by atoms with E-state index in [-0.39, 0.29) is 18.1 Å². The number of para-hydroxylation sites is 2. The van der Waals surface area contributed by atoms with Gasteiger partial charge in [-0.1, -0.05) is 61.5 Å². The first-order chi connectivity index (χ1) is 16.6. The maximum Gasteiger partial charge on any atom is 0.273 e. The van der Waals surface area contributed by atoms with E-state index in [2.05, 4.69) is 39.5 Å². The largest absolute Gasteiger partial charge is 0.355 e. The third-order valence-corrected chi connectivity index (χ3v) is 5.65. The molecule has 4 rings (SSSR count). The summed E-state index contributed by atoms with van der Waals surface area (Å²) in [6.45, 7) is 7.45. The predicted octanol–water partition coefficient (Wildman–Crippen LogP) is 3.40. The molecule has 4 aromatic rings. The normalized spacial score (nSPS) is 11.1. The first-order valence-electron chi connectivity index (χ1n) is 11.4. The van der Waals surface area contributed by atoms with Crippen LogP contribution in [0.1, 0.15) is 24.3 Å². The molecular weight excluding hydrogens is 432 g/mol. The first-order valence-corrected chi connectivity index (χ1v) is 11.4. The Balaban J connectivity index is 1.40. The average molecular weight is 461 g/mol.